The zero-order valence-corrected chi connectivity index (χ0v) is 11.8. The first-order valence-electron chi connectivity index (χ1n) is 5.85. The third kappa shape index (κ3) is 4.38. The van der Waals surface area contributed by atoms with Crippen molar-refractivity contribution in [3.05, 3.63) is 57.2 Å². The van der Waals surface area contributed by atoms with E-state index in [1.54, 1.807) is 11.8 Å². The highest BCUT2D eigenvalue weighted by molar-refractivity contribution is 7.98. The van der Waals surface area contributed by atoms with E-state index in [9.17, 15) is 4.79 Å². The van der Waals surface area contributed by atoms with Crippen molar-refractivity contribution < 1.29 is 0 Å². The van der Waals surface area contributed by atoms with Crippen molar-refractivity contribution in [2.75, 3.05) is 6.54 Å². The smallest absolute Gasteiger partial charge is 0.251 e. The van der Waals surface area contributed by atoms with Crippen LogP contribution in [-0.4, -0.2) is 16.5 Å². The number of nitrogens with two attached hydrogens (primary N) is 1. The number of H-pyrrole nitrogens is 1. The zero-order valence-electron chi connectivity index (χ0n) is 10.2. The molecule has 0 spiro atoms. The molecule has 0 aliphatic heterocycles. The van der Waals surface area contributed by atoms with E-state index in [0.717, 1.165) is 10.6 Å². The number of benzene rings is 1. The van der Waals surface area contributed by atoms with Gasteiger partial charge in [-0.1, -0.05) is 17.7 Å². The number of nitrogens with zero attached hydrogens (tertiary/aromatic N) is 1. The second-order valence-corrected chi connectivity index (χ2v) is 5.45. The van der Waals surface area contributed by atoms with Crippen LogP contribution in [0.5, 0.6) is 0 Å². The van der Waals surface area contributed by atoms with Crippen LogP contribution in [0.25, 0.3) is 0 Å². The molecule has 2 aromatic rings. The normalized spacial score (nSPS) is 10.6. The molecule has 0 unspecified atom stereocenters. The lowest BCUT2D eigenvalue weighted by atomic mass is 10.3. The molecule has 19 heavy (non-hydrogen) atoms. The van der Waals surface area contributed by atoms with Crippen molar-refractivity contribution >= 4 is 23.4 Å². The lowest BCUT2D eigenvalue weighted by Gasteiger charge is -2.04. The summed E-state index contributed by atoms with van der Waals surface area (Å²) in [5.41, 5.74) is 6.06. The molecule has 0 bridgehead atoms. The Bertz CT molecular complexity index is 615. The van der Waals surface area contributed by atoms with Crippen LogP contribution in [0.15, 0.2) is 40.0 Å². The standard InChI is InChI=1S/C13H14ClN3OS/c14-9-2-1-3-11(6-9)19-8-12-16-10(4-5-15)7-13(18)17-12/h1-3,6-7H,4-5,8,15H2,(H,16,17,18). The van der Waals surface area contributed by atoms with Crippen LogP contribution in [0.1, 0.15) is 11.5 Å². The minimum atomic E-state index is -0.139. The number of hydrogen-bond donors (Lipinski definition) is 2. The van der Waals surface area contributed by atoms with Gasteiger partial charge in [-0.15, -0.1) is 11.8 Å². The highest BCUT2D eigenvalue weighted by Gasteiger charge is 2.03. The van der Waals surface area contributed by atoms with Gasteiger partial charge in [0.2, 0.25) is 0 Å². The van der Waals surface area contributed by atoms with Gasteiger partial charge in [-0.2, -0.15) is 0 Å². The van der Waals surface area contributed by atoms with Crippen molar-refractivity contribution in [3.8, 4) is 0 Å². The molecule has 4 nitrogen and oxygen atoms in total. The van der Waals surface area contributed by atoms with Crippen LogP contribution in [-0.2, 0) is 12.2 Å². The SMILES string of the molecule is NCCc1cc(=O)[nH]c(CSc2cccc(Cl)c2)n1. The molecule has 2 rings (SSSR count). The molecule has 0 atom stereocenters. The molecule has 0 fully saturated rings. The molecule has 1 aromatic carbocycles. The Hall–Kier alpha value is -1.30. The van der Waals surface area contributed by atoms with Crippen LogP contribution in [0.3, 0.4) is 0 Å². The molecule has 1 heterocycles. The van der Waals surface area contributed by atoms with Crippen LogP contribution in [0.2, 0.25) is 5.02 Å². The van der Waals surface area contributed by atoms with E-state index >= 15 is 0 Å². The van der Waals surface area contributed by atoms with E-state index in [1.807, 2.05) is 24.3 Å². The summed E-state index contributed by atoms with van der Waals surface area (Å²) in [5, 5.41) is 0.698. The summed E-state index contributed by atoms with van der Waals surface area (Å²) in [6, 6.07) is 9.06. The number of halogens is 1. The fourth-order valence-corrected chi connectivity index (χ4v) is 2.70. The number of aromatic amines is 1. The molecule has 0 saturated heterocycles. The summed E-state index contributed by atoms with van der Waals surface area (Å²) in [6.07, 6.45) is 0.610. The maximum atomic E-state index is 11.5. The van der Waals surface area contributed by atoms with Gasteiger partial charge >= 0.3 is 0 Å². The maximum absolute atomic E-state index is 11.5. The molecular weight excluding hydrogens is 282 g/mol. The average Bonchev–Trinajstić information content (AvgIpc) is 2.36. The van der Waals surface area contributed by atoms with Gasteiger partial charge in [-0.05, 0) is 24.7 Å². The number of hydrogen-bond acceptors (Lipinski definition) is 4. The van der Waals surface area contributed by atoms with E-state index in [1.165, 1.54) is 6.07 Å². The lowest BCUT2D eigenvalue weighted by molar-refractivity contribution is 0.872. The van der Waals surface area contributed by atoms with Crippen molar-refractivity contribution in [2.24, 2.45) is 5.73 Å². The quantitative estimate of drug-likeness (QED) is 0.830. The monoisotopic (exact) mass is 295 g/mol. The van der Waals surface area contributed by atoms with Gasteiger partial charge in [0.1, 0.15) is 5.82 Å². The molecule has 0 saturated carbocycles. The van der Waals surface area contributed by atoms with Gasteiger partial charge in [0.05, 0.1) is 5.75 Å². The van der Waals surface area contributed by atoms with Crippen LogP contribution in [0, 0.1) is 0 Å². The van der Waals surface area contributed by atoms with Gasteiger partial charge in [0.15, 0.2) is 0 Å². The van der Waals surface area contributed by atoms with Crippen molar-refractivity contribution in [2.45, 2.75) is 17.1 Å². The fourth-order valence-electron chi connectivity index (χ4n) is 1.62. The van der Waals surface area contributed by atoms with Crippen molar-refractivity contribution in [3.63, 3.8) is 0 Å². The number of nitrogens with one attached hydrogen (secondary N) is 1. The molecule has 0 radical (unpaired) electrons. The summed E-state index contributed by atoms with van der Waals surface area (Å²) in [4.78, 5) is 19.6. The summed E-state index contributed by atoms with van der Waals surface area (Å²) >= 11 is 7.49. The third-order valence-corrected chi connectivity index (χ3v) is 3.66. The summed E-state index contributed by atoms with van der Waals surface area (Å²) in [7, 11) is 0. The van der Waals surface area contributed by atoms with E-state index in [2.05, 4.69) is 9.97 Å². The van der Waals surface area contributed by atoms with E-state index in [4.69, 9.17) is 17.3 Å². The number of rotatable bonds is 5. The number of aromatic nitrogens is 2. The molecule has 100 valence electrons. The first-order chi connectivity index (χ1) is 9.17. The molecule has 0 aliphatic carbocycles. The summed E-state index contributed by atoms with van der Waals surface area (Å²) in [6.45, 7) is 0.483. The van der Waals surface area contributed by atoms with Gasteiger partial charge in [-0.25, -0.2) is 4.98 Å². The largest absolute Gasteiger partial charge is 0.330 e. The predicted molar refractivity (Wildman–Crippen MR) is 78.6 cm³/mol. The molecule has 1 aromatic heterocycles. The topological polar surface area (TPSA) is 71.8 Å². The first kappa shape index (κ1) is 14.1. The Morgan fingerprint density at radius 2 is 2.21 bits per heavy atom. The highest BCUT2D eigenvalue weighted by atomic mass is 35.5. The Morgan fingerprint density at radius 3 is 2.95 bits per heavy atom. The third-order valence-electron chi connectivity index (χ3n) is 2.42. The highest BCUT2D eigenvalue weighted by Crippen LogP contribution is 2.23. The molecule has 6 heteroatoms. The lowest BCUT2D eigenvalue weighted by Crippen LogP contribution is -2.14. The zero-order chi connectivity index (χ0) is 13.7. The van der Waals surface area contributed by atoms with Gasteiger partial charge < -0.3 is 10.7 Å². The van der Waals surface area contributed by atoms with E-state index < -0.39 is 0 Å². The Kier molecular flexibility index (Phi) is 5.01. The number of thioether (sulfide) groups is 1. The second-order valence-electron chi connectivity index (χ2n) is 3.97. The minimum Gasteiger partial charge on any atom is -0.330 e. The summed E-state index contributed by atoms with van der Waals surface area (Å²) in [5.74, 6) is 1.24. The van der Waals surface area contributed by atoms with Gasteiger partial charge in [0, 0.05) is 28.1 Å². The van der Waals surface area contributed by atoms with E-state index in [-0.39, 0.29) is 5.56 Å². The van der Waals surface area contributed by atoms with Crippen LogP contribution >= 0.6 is 23.4 Å². The molecule has 3 N–H and O–H groups in total. The van der Waals surface area contributed by atoms with Gasteiger partial charge in [0.25, 0.3) is 5.56 Å². The Morgan fingerprint density at radius 1 is 1.37 bits per heavy atom. The Labute approximate surface area is 120 Å². The molecule has 0 amide bonds. The fraction of sp³-hybridized carbons (Fsp3) is 0.231. The molecular formula is C13H14ClN3OS. The maximum Gasteiger partial charge on any atom is 0.251 e. The van der Waals surface area contributed by atoms with Crippen molar-refractivity contribution in [1.82, 2.24) is 9.97 Å². The summed E-state index contributed by atoms with van der Waals surface area (Å²) < 4.78 is 0. The van der Waals surface area contributed by atoms with Crippen LogP contribution in [0.4, 0.5) is 0 Å². The molecule has 0 aliphatic rings. The first-order valence-corrected chi connectivity index (χ1v) is 7.21. The average molecular weight is 296 g/mol. The van der Waals surface area contributed by atoms with E-state index in [0.29, 0.717) is 29.6 Å². The van der Waals surface area contributed by atoms with Crippen molar-refractivity contribution in [1.29, 1.82) is 0 Å². The predicted octanol–water partition coefficient (Wildman–Crippen LogP) is 2.22. The minimum absolute atomic E-state index is 0.139. The second kappa shape index (κ2) is 6.75. The Balaban J connectivity index is 2.09. The van der Waals surface area contributed by atoms with Crippen LogP contribution < -0.4 is 11.3 Å². The van der Waals surface area contributed by atoms with Gasteiger partial charge in [-0.3, -0.25) is 4.79 Å².